The molecule has 0 spiro atoms. The van der Waals surface area contributed by atoms with E-state index in [0.29, 0.717) is 5.96 Å². The number of hydrogen-bond donors (Lipinski definition) is 2. The van der Waals surface area contributed by atoms with Gasteiger partial charge in [-0.25, -0.2) is 9.98 Å². The molecule has 1 saturated heterocycles. The minimum Gasteiger partial charge on any atom is -0.343 e. The Morgan fingerprint density at radius 1 is 1.15 bits per heavy atom. The van der Waals surface area contributed by atoms with Crippen LogP contribution < -0.4 is 5.32 Å². The molecule has 26 heavy (non-hydrogen) atoms. The van der Waals surface area contributed by atoms with Crippen molar-refractivity contribution in [3.63, 3.8) is 0 Å². The second-order valence-corrected chi connectivity index (χ2v) is 5.78. The standard InChI is InChI=1S/C16H19F3N6.HI/c17-16(18,19)14-22-13(23-24-14)11-20-15(25-9-5-2-6-10-25)21-12-7-3-1-4-8-12;/h1,3-4,7-8H,2,5-6,9-11H2,(H,20,21)(H,22,23,24);1H. The van der Waals surface area contributed by atoms with Crippen molar-refractivity contribution in [2.45, 2.75) is 32.0 Å². The SMILES string of the molecule is FC(F)(F)c1n[nH]c(CN=C(Nc2ccccc2)N2CCCCC2)n1.I. The minimum absolute atomic E-state index is 0. The van der Waals surface area contributed by atoms with Crippen LogP contribution in [0.2, 0.25) is 0 Å². The number of H-pyrrole nitrogens is 1. The number of para-hydroxylation sites is 1. The van der Waals surface area contributed by atoms with Gasteiger partial charge in [-0.05, 0) is 31.4 Å². The number of aliphatic imine (C=N–C) groups is 1. The highest BCUT2D eigenvalue weighted by Gasteiger charge is 2.36. The number of nitrogens with zero attached hydrogens (tertiary/aromatic N) is 4. The number of guanidine groups is 1. The molecule has 2 aromatic rings. The molecule has 0 aliphatic carbocycles. The van der Waals surface area contributed by atoms with Gasteiger partial charge in [0.25, 0.3) is 5.82 Å². The Bertz CT molecular complexity index is 710. The summed E-state index contributed by atoms with van der Waals surface area (Å²) in [7, 11) is 0. The normalized spacial score (nSPS) is 15.5. The molecule has 2 N–H and O–H groups in total. The van der Waals surface area contributed by atoms with Gasteiger partial charge >= 0.3 is 6.18 Å². The smallest absolute Gasteiger partial charge is 0.343 e. The van der Waals surface area contributed by atoms with E-state index in [1.165, 1.54) is 6.42 Å². The molecule has 1 aliphatic rings. The van der Waals surface area contributed by atoms with Gasteiger partial charge in [-0.3, -0.25) is 5.10 Å². The zero-order valence-corrected chi connectivity index (χ0v) is 16.3. The lowest BCUT2D eigenvalue weighted by molar-refractivity contribution is -0.144. The third-order valence-corrected chi connectivity index (χ3v) is 3.85. The topological polar surface area (TPSA) is 69.2 Å². The summed E-state index contributed by atoms with van der Waals surface area (Å²) in [6.45, 7) is 1.72. The Morgan fingerprint density at radius 2 is 1.85 bits per heavy atom. The monoisotopic (exact) mass is 480 g/mol. The fourth-order valence-corrected chi connectivity index (χ4v) is 2.62. The second-order valence-electron chi connectivity index (χ2n) is 5.78. The van der Waals surface area contributed by atoms with Gasteiger partial charge in [0.05, 0.1) is 0 Å². The zero-order chi connectivity index (χ0) is 17.7. The van der Waals surface area contributed by atoms with Crippen molar-refractivity contribution in [1.82, 2.24) is 20.1 Å². The number of nitrogens with one attached hydrogen (secondary N) is 2. The Morgan fingerprint density at radius 3 is 2.46 bits per heavy atom. The summed E-state index contributed by atoms with van der Waals surface area (Å²) >= 11 is 0. The Kier molecular flexibility index (Phi) is 7.23. The molecule has 142 valence electrons. The van der Waals surface area contributed by atoms with E-state index < -0.39 is 12.0 Å². The molecule has 6 nitrogen and oxygen atoms in total. The Balaban J connectivity index is 0.00000243. The highest BCUT2D eigenvalue weighted by Crippen LogP contribution is 2.25. The molecular formula is C16H20F3IN6. The van der Waals surface area contributed by atoms with Gasteiger partial charge in [0, 0.05) is 18.8 Å². The van der Waals surface area contributed by atoms with Crippen molar-refractivity contribution >= 4 is 35.6 Å². The summed E-state index contributed by atoms with van der Waals surface area (Å²) in [6.07, 6.45) is -1.26. The van der Waals surface area contributed by atoms with Crippen LogP contribution in [0.15, 0.2) is 35.3 Å². The number of anilines is 1. The Hall–Kier alpha value is -1.85. The molecule has 0 bridgehead atoms. The summed E-state index contributed by atoms with van der Waals surface area (Å²) in [5.74, 6) is -0.458. The van der Waals surface area contributed by atoms with E-state index in [9.17, 15) is 13.2 Å². The van der Waals surface area contributed by atoms with E-state index in [0.717, 1.165) is 31.6 Å². The average Bonchev–Trinajstić information content (AvgIpc) is 3.10. The first-order valence-electron chi connectivity index (χ1n) is 8.12. The quantitative estimate of drug-likeness (QED) is 0.398. The minimum atomic E-state index is -4.56. The molecule has 1 aromatic heterocycles. The first kappa shape index (κ1) is 20.5. The average molecular weight is 480 g/mol. The lowest BCUT2D eigenvalue weighted by atomic mass is 10.1. The maximum absolute atomic E-state index is 12.6. The molecule has 1 fully saturated rings. The molecular weight excluding hydrogens is 460 g/mol. The zero-order valence-electron chi connectivity index (χ0n) is 14.0. The van der Waals surface area contributed by atoms with Gasteiger partial charge in [0.2, 0.25) is 0 Å². The van der Waals surface area contributed by atoms with Crippen LogP contribution in [0.25, 0.3) is 0 Å². The Labute approximate surface area is 166 Å². The van der Waals surface area contributed by atoms with Crippen LogP contribution >= 0.6 is 24.0 Å². The van der Waals surface area contributed by atoms with Crippen molar-refractivity contribution in [2.75, 3.05) is 18.4 Å². The highest BCUT2D eigenvalue weighted by atomic mass is 127. The molecule has 0 radical (unpaired) electrons. The molecule has 1 aromatic carbocycles. The van der Waals surface area contributed by atoms with Gasteiger partial charge in [-0.15, -0.1) is 29.1 Å². The molecule has 2 heterocycles. The first-order valence-corrected chi connectivity index (χ1v) is 8.12. The fraction of sp³-hybridized carbons (Fsp3) is 0.438. The summed E-state index contributed by atoms with van der Waals surface area (Å²) in [5, 5.41) is 8.75. The van der Waals surface area contributed by atoms with Crippen molar-refractivity contribution in [2.24, 2.45) is 4.99 Å². The van der Waals surface area contributed by atoms with Crippen LogP contribution in [0.4, 0.5) is 18.9 Å². The van der Waals surface area contributed by atoms with E-state index in [1.54, 1.807) is 0 Å². The van der Waals surface area contributed by atoms with Gasteiger partial charge < -0.3 is 10.2 Å². The van der Waals surface area contributed by atoms with Crippen molar-refractivity contribution in [1.29, 1.82) is 0 Å². The van der Waals surface area contributed by atoms with Crippen molar-refractivity contribution < 1.29 is 13.2 Å². The first-order chi connectivity index (χ1) is 12.0. The summed E-state index contributed by atoms with van der Waals surface area (Å²) in [4.78, 5) is 10.0. The maximum Gasteiger partial charge on any atom is 0.453 e. The van der Waals surface area contributed by atoms with Gasteiger partial charge in [0.15, 0.2) is 5.96 Å². The van der Waals surface area contributed by atoms with Crippen LogP contribution in [0, 0.1) is 0 Å². The summed E-state index contributed by atoms with van der Waals surface area (Å²) < 4.78 is 37.7. The third-order valence-electron chi connectivity index (χ3n) is 3.85. The van der Waals surface area contributed by atoms with Crippen LogP contribution in [0.5, 0.6) is 0 Å². The molecule has 10 heteroatoms. The molecule has 1 aliphatic heterocycles. The number of piperidine rings is 1. The lowest BCUT2D eigenvalue weighted by Crippen LogP contribution is -2.40. The third kappa shape index (κ3) is 5.58. The number of aromatic nitrogens is 3. The van der Waals surface area contributed by atoms with E-state index in [4.69, 9.17) is 0 Å². The van der Waals surface area contributed by atoms with Gasteiger partial charge in [-0.1, -0.05) is 18.2 Å². The van der Waals surface area contributed by atoms with E-state index in [-0.39, 0.29) is 36.3 Å². The number of hydrogen-bond acceptors (Lipinski definition) is 3. The number of likely N-dealkylation sites (tertiary alicyclic amines) is 1. The summed E-state index contributed by atoms with van der Waals surface area (Å²) in [6, 6.07) is 9.55. The fourth-order valence-electron chi connectivity index (χ4n) is 2.62. The predicted molar refractivity (Wildman–Crippen MR) is 103 cm³/mol. The number of aromatic amines is 1. The largest absolute Gasteiger partial charge is 0.453 e. The predicted octanol–water partition coefficient (Wildman–Crippen LogP) is 3.90. The van der Waals surface area contributed by atoms with Crippen LogP contribution in [-0.2, 0) is 12.7 Å². The molecule has 0 unspecified atom stereocenters. The van der Waals surface area contributed by atoms with Crippen LogP contribution in [0.1, 0.15) is 30.9 Å². The number of rotatable bonds is 3. The van der Waals surface area contributed by atoms with Crippen LogP contribution in [0.3, 0.4) is 0 Å². The van der Waals surface area contributed by atoms with E-state index >= 15 is 0 Å². The summed E-state index contributed by atoms with van der Waals surface area (Å²) in [5.41, 5.74) is 0.875. The molecule has 0 saturated carbocycles. The van der Waals surface area contributed by atoms with E-state index in [2.05, 4.69) is 30.4 Å². The van der Waals surface area contributed by atoms with Crippen molar-refractivity contribution in [3.8, 4) is 0 Å². The van der Waals surface area contributed by atoms with Crippen LogP contribution in [-0.4, -0.2) is 39.1 Å². The number of alkyl halides is 3. The number of halogens is 4. The number of benzene rings is 1. The van der Waals surface area contributed by atoms with E-state index in [1.807, 2.05) is 30.3 Å². The van der Waals surface area contributed by atoms with Crippen molar-refractivity contribution in [3.05, 3.63) is 42.0 Å². The molecule has 3 rings (SSSR count). The van der Waals surface area contributed by atoms with Gasteiger partial charge in [0.1, 0.15) is 12.4 Å². The highest BCUT2D eigenvalue weighted by molar-refractivity contribution is 14.0. The molecule has 0 amide bonds. The second kappa shape index (κ2) is 9.19. The lowest BCUT2D eigenvalue weighted by Gasteiger charge is -2.30. The maximum atomic E-state index is 12.6. The van der Waals surface area contributed by atoms with Gasteiger partial charge in [-0.2, -0.15) is 13.2 Å². The molecule has 0 atom stereocenters.